The number of nitrogen functional groups attached to an aromatic ring is 1. The van der Waals surface area contributed by atoms with Crippen LogP contribution in [0.1, 0.15) is 27.2 Å². The zero-order valence-electron chi connectivity index (χ0n) is 11.5. The van der Waals surface area contributed by atoms with Gasteiger partial charge in [-0.25, -0.2) is 0 Å². The Morgan fingerprint density at radius 3 is 2.58 bits per heavy atom. The molecule has 106 valence electrons. The van der Waals surface area contributed by atoms with Gasteiger partial charge >= 0.3 is 0 Å². The Morgan fingerprint density at radius 1 is 1.42 bits per heavy atom. The van der Waals surface area contributed by atoms with E-state index in [-0.39, 0.29) is 11.2 Å². The summed E-state index contributed by atoms with van der Waals surface area (Å²) in [6, 6.07) is 0. The molecular formula is C12H20N4OS2. The number of hydrogen-bond acceptors (Lipinski definition) is 6. The molecule has 0 unspecified atom stereocenters. The minimum atomic E-state index is -0.134. The first kappa shape index (κ1) is 14.6. The number of carbonyl (C=O) groups is 1. The van der Waals surface area contributed by atoms with E-state index in [0.717, 1.165) is 17.4 Å². The van der Waals surface area contributed by atoms with Crippen molar-refractivity contribution in [3.63, 3.8) is 0 Å². The van der Waals surface area contributed by atoms with Gasteiger partial charge in [-0.05, 0) is 25.2 Å². The molecule has 0 radical (unpaired) electrons. The van der Waals surface area contributed by atoms with Crippen molar-refractivity contribution in [1.82, 2.24) is 15.1 Å². The summed E-state index contributed by atoms with van der Waals surface area (Å²) in [5.74, 6) is 1.36. The largest absolute Gasteiger partial charge is 0.374 e. The first-order chi connectivity index (χ1) is 8.95. The van der Waals surface area contributed by atoms with Gasteiger partial charge in [0, 0.05) is 13.1 Å². The van der Waals surface area contributed by atoms with E-state index in [1.54, 1.807) is 0 Å². The van der Waals surface area contributed by atoms with Crippen LogP contribution in [0.15, 0.2) is 4.34 Å². The highest BCUT2D eigenvalue weighted by molar-refractivity contribution is 8.02. The van der Waals surface area contributed by atoms with E-state index in [0.29, 0.717) is 17.0 Å². The Balaban J connectivity index is 1.94. The second kappa shape index (κ2) is 6.09. The SMILES string of the molecule is C[C@H]1C[C@H](C)CN(C(=O)[C@@H](C)Sc2nnc(N)s2)C1. The van der Waals surface area contributed by atoms with Crippen molar-refractivity contribution in [3.8, 4) is 0 Å². The molecule has 2 heterocycles. The number of amides is 1. The monoisotopic (exact) mass is 300 g/mol. The number of anilines is 1. The highest BCUT2D eigenvalue weighted by atomic mass is 32.2. The number of piperidine rings is 1. The summed E-state index contributed by atoms with van der Waals surface area (Å²) in [6.45, 7) is 8.07. The number of carbonyl (C=O) groups excluding carboxylic acids is 1. The summed E-state index contributed by atoms with van der Waals surface area (Å²) in [4.78, 5) is 14.4. The van der Waals surface area contributed by atoms with E-state index in [1.807, 2.05) is 11.8 Å². The van der Waals surface area contributed by atoms with Gasteiger partial charge in [-0.2, -0.15) is 0 Å². The lowest BCUT2D eigenvalue weighted by molar-refractivity contribution is -0.132. The first-order valence-corrected chi connectivity index (χ1v) is 8.19. The Hall–Kier alpha value is -0.820. The molecule has 1 fully saturated rings. The summed E-state index contributed by atoms with van der Waals surface area (Å²) in [6.07, 6.45) is 1.21. The second-order valence-corrected chi connectivity index (χ2v) is 7.95. The minimum Gasteiger partial charge on any atom is -0.374 e. The van der Waals surface area contributed by atoms with Crippen LogP contribution >= 0.6 is 23.1 Å². The predicted octanol–water partition coefficient (Wildman–Crippen LogP) is 2.11. The fraction of sp³-hybridized carbons (Fsp3) is 0.750. The average molecular weight is 300 g/mol. The van der Waals surface area contributed by atoms with Crippen molar-refractivity contribution in [2.24, 2.45) is 11.8 Å². The van der Waals surface area contributed by atoms with Crippen LogP contribution in [-0.4, -0.2) is 39.3 Å². The van der Waals surface area contributed by atoms with Crippen LogP contribution in [0.2, 0.25) is 0 Å². The normalized spacial score (nSPS) is 25.3. The molecule has 0 aromatic carbocycles. The van der Waals surface area contributed by atoms with Crippen LogP contribution < -0.4 is 5.73 Å². The Morgan fingerprint density at radius 2 is 2.05 bits per heavy atom. The lowest BCUT2D eigenvalue weighted by atomic mass is 9.92. The summed E-state index contributed by atoms with van der Waals surface area (Å²) in [5.41, 5.74) is 5.55. The standard InChI is InChI=1S/C12H20N4OS2/c1-7-4-8(2)6-16(5-7)10(17)9(3)18-12-15-14-11(13)19-12/h7-9H,4-6H2,1-3H3,(H2,13,14)/t7-,8-,9+/m0/s1. The molecule has 0 bridgehead atoms. The van der Waals surface area contributed by atoms with E-state index >= 15 is 0 Å². The van der Waals surface area contributed by atoms with Crippen molar-refractivity contribution in [1.29, 1.82) is 0 Å². The Bertz CT molecular complexity index is 441. The van der Waals surface area contributed by atoms with E-state index in [2.05, 4.69) is 24.0 Å². The molecule has 0 saturated carbocycles. The van der Waals surface area contributed by atoms with Gasteiger partial charge in [-0.15, -0.1) is 10.2 Å². The number of thioether (sulfide) groups is 1. The lowest BCUT2D eigenvalue weighted by Crippen LogP contribution is -2.45. The number of hydrogen-bond donors (Lipinski definition) is 1. The van der Waals surface area contributed by atoms with E-state index in [1.165, 1.54) is 29.5 Å². The number of nitrogens with two attached hydrogens (primary N) is 1. The van der Waals surface area contributed by atoms with E-state index in [4.69, 9.17) is 5.73 Å². The topological polar surface area (TPSA) is 72.1 Å². The predicted molar refractivity (Wildman–Crippen MR) is 79.2 cm³/mol. The molecule has 1 aliphatic rings. The van der Waals surface area contributed by atoms with Crippen molar-refractivity contribution in [2.75, 3.05) is 18.8 Å². The third-order valence-electron chi connectivity index (χ3n) is 3.23. The van der Waals surface area contributed by atoms with Crippen LogP contribution in [0, 0.1) is 11.8 Å². The Kier molecular flexibility index (Phi) is 4.67. The highest BCUT2D eigenvalue weighted by Crippen LogP contribution is 2.30. The van der Waals surface area contributed by atoms with Gasteiger partial charge in [0.05, 0.1) is 5.25 Å². The maximum absolute atomic E-state index is 12.4. The van der Waals surface area contributed by atoms with Crippen molar-refractivity contribution in [2.45, 2.75) is 36.8 Å². The average Bonchev–Trinajstić information content (AvgIpc) is 2.72. The van der Waals surface area contributed by atoms with Crippen LogP contribution in [-0.2, 0) is 4.79 Å². The molecule has 1 saturated heterocycles. The van der Waals surface area contributed by atoms with Gasteiger partial charge < -0.3 is 10.6 Å². The number of likely N-dealkylation sites (tertiary alicyclic amines) is 1. The molecule has 2 rings (SSSR count). The molecule has 1 aromatic rings. The molecule has 1 amide bonds. The first-order valence-electron chi connectivity index (χ1n) is 6.50. The molecule has 5 nitrogen and oxygen atoms in total. The molecule has 2 N–H and O–H groups in total. The summed E-state index contributed by atoms with van der Waals surface area (Å²) >= 11 is 2.77. The zero-order chi connectivity index (χ0) is 14.0. The van der Waals surface area contributed by atoms with Gasteiger partial charge in [-0.3, -0.25) is 4.79 Å². The molecule has 1 aliphatic heterocycles. The second-order valence-electron chi connectivity index (χ2n) is 5.36. The summed E-state index contributed by atoms with van der Waals surface area (Å²) in [7, 11) is 0. The van der Waals surface area contributed by atoms with Gasteiger partial charge in [0.2, 0.25) is 11.0 Å². The van der Waals surface area contributed by atoms with Crippen LogP contribution in [0.4, 0.5) is 5.13 Å². The summed E-state index contributed by atoms with van der Waals surface area (Å²) < 4.78 is 0.761. The van der Waals surface area contributed by atoms with Crippen molar-refractivity contribution < 1.29 is 4.79 Å². The van der Waals surface area contributed by atoms with E-state index in [9.17, 15) is 4.79 Å². The molecule has 1 aromatic heterocycles. The minimum absolute atomic E-state index is 0.134. The van der Waals surface area contributed by atoms with Gasteiger partial charge in [0.1, 0.15) is 0 Å². The maximum atomic E-state index is 12.4. The maximum Gasteiger partial charge on any atom is 0.235 e. The summed E-state index contributed by atoms with van der Waals surface area (Å²) in [5, 5.41) is 8.03. The molecule has 7 heteroatoms. The fourth-order valence-corrected chi connectivity index (χ4v) is 4.43. The van der Waals surface area contributed by atoms with Crippen LogP contribution in [0.5, 0.6) is 0 Å². The van der Waals surface area contributed by atoms with Crippen LogP contribution in [0.25, 0.3) is 0 Å². The molecular weight excluding hydrogens is 280 g/mol. The quantitative estimate of drug-likeness (QED) is 0.866. The molecule has 19 heavy (non-hydrogen) atoms. The smallest absolute Gasteiger partial charge is 0.235 e. The fourth-order valence-electron chi connectivity index (χ4n) is 2.57. The highest BCUT2D eigenvalue weighted by Gasteiger charge is 2.29. The van der Waals surface area contributed by atoms with Crippen molar-refractivity contribution >= 4 is 34.1 Å². The molecule has 0 spiro atoms. The van der Waals surface area contributed by atoms with E-state index < -0.39 is 0 Å². The Labute approximate surface area is 122 Å². The third-order valence-corrected chi connectivity index (χ3v) is 5.15. The van der Waals surface area contributed by atoms with Gasteiger partial charge in [-0.1, -0.05) is 36.9 Å². The number of aromatic nitrogens is 2. The molecule has 0 aliphatic carbocycles. The lowest BCUT2D eigenvalue weighted by Gasteiger charge is -2.36. The molecule has 3 atom stereocenters. The zero-order valence-corrected chi connectivity index (χ0v) is 13.1. The number of nitrogens with zero attached hydrogens (tertiary/aromatic N) is 3. The van der Waals surface area contributed by atoms with Crippen LogP contribution in [0.3, 0.4) is 0 Å². The van der Waals surface area contributed by atoms with Gasteiger partial charge in [0.15, 0.2) is 4.34 Å². The van der Waals surface area contributed by atoms with Gasteiger partial charge in [0.25, 0.3) is 0 Å². The third kappa shape index (κ3) is 3.82. The van der Waals surface area contributed by atoms with Crippen molar-refractivity contribution in [3.05, 3.63) is 0 Å². The number of rotatable bonds is 3.